The van der Waals surface area contributed by atoms with Crippen molar-refractivity contribution in [3.05, 3.63) is 66.3 Å². The second kappa shape index (κ2) is 9.76. The number of para-hydroxylation sites is 2. The van der Waals surface area contributed by atoms with E-state index in [1.807, 2.05) is 33.7 Å². The van der Waals surface area contributed by atoms with Crippen molar-refractivity contribution in [1.82, 2.24) is 24.6 Å². The Kier molecular flexibility index (Phi) is 6.39. The molecule has 176 valence electrons. The Morgan fingerprint density at radius 2 is 2.00 bits per heavy atom. The Balaban J connectivity index is 1.26. The number of ether oxygens (including phenoxy) is 2. The zero-order valence-electron chi connectivity index (χ0n) is 18.6. The summed E-state index contributed by atoms with van der Waals surface area (Å²) < 4.78 is 13.8. The lowest BCUT2D eigenvalue weighted by Crippen LogP contribution is -2.27. The molecule has 1 saturated heterocycles. The predicted molar refractivity (Wildman–Crippen MR) is 127 cm³/mol. The van der Waals surface area contributed by atoms with Crippen LogP contribution in [-0.4, -0.2) is 61.8 Å². The van der Waals surface area contributed by atoms with E-state index in [9.17, 15) is 9.59 Å². The van der Waals surface area contributed by atoms with Crippen LogP contribution in [0.2, 0.25) is 0 Å². The summed E-state index contributed by atoms with van der Waals surface area (Å²) in [5.74, 6) is 1.98. The third kappa shape index (κ3) is 4.45. The van der Waals surface area contributed by atoms with Crippen molar-refractivity contribution in [2.24, 2.45) is 0 Å². The quantitative estimate of drug-likeness (QED) is 0.300. The van der Waals surface area contributed by atoms with Gasteiger partial charge in [0.15, 0.2) is 34.4 Å². The van der Waals surface area contributed by atoms with Crippen LogP contribution in [0, 0.1) is 0 Å². The number of rotatable bonds is 8. The maximum absolute atomic E-state index is 12.8. The van der Waals surface area contributed by atoms with Crippen LogP contribution < -0.4 is 9.47 Å². The molecule has 2 aliphatic rings. The van der Waals surface area contributed by atoms with Crippen molar-refractivity contribution in [3.8, 4) is 11.5 Å². The molecular formula is C24H25N5O4S. The standard InChI is InChI=1S/C24H25N5O4S/c1-2-9-29-22(21-14-32-19-7-3-4-8-20(19)33-21)26-27-24(29)34-15-18(30)16-12-17(25-13-16)23(31)28-10-5-6-11-28/h2-4,7-8,12-13,21,25H,1,5-6,9-11,14-15H2/t21-/m1/s1. The second-order valence-corrected chi connectivity index (χ2v) is 9.06. The highest BCUT2D eigenvalue weighted by atomic mass is 32.2. The summed E-state index contributed by atoms with van der Waals surface area (Å²) in [6, 6.07) is 9.12. The Hall–Kier alpha value is -3.53. The van der Waals surface area contributed by atoms with Gasteiger partial charge in [0.05, 0.1) is 5.75 Å². The fourth-order valence-electron chi connectivity index (χ4n) is 4.08. The number of Topliss-reactive ketones (excluding diaryl/α,β-unsaturated/α-hetero) is 1. The minimum absolute atomic E-state index is 0.0594. The average molecular weight is 480 g/mol. The number of carbonyl (C=O) groups excluding carboxylic acids is 2. The summed E-state index contributed by atoms with van der Waals surface area (Å²) in [5.41, 5.74) is 0.924. The molecule has 3 aromatic rings. The molecule has 34 heavy (non-hydrogen) atoms. The molecule has 1 amide bonds. The zero-order chi connectivity index (χ0) is 23.5. The average Bonchev–Trinajstić information content (AvgIpc) is 3.64. The zero-order valence-corrected chi connectivity index (χ0v) is 19.4. The molecule has 1 N–H and O–H groups in total. The third-order valence-corrected chi connectivity index (χ3v) is 6.78. The monoisotopic (exact) mass is 479 g/mol. The maximum atomic E-state index is 12.8. The number of ketones is 1. The number of allylic oxidation sites excluding steroid dienone is 1. The fourth-order valence-corrected chi connectivity index (χ4v) is 4.92. The number of hydrogen-bond acceptors (Lipinski definition) is 7. The van der Waals surface area contributed by atoms with Crippen molar-refractivity contribution >= 4 is 23.5 Å². The lowest BCUT2D eigenvalue weighted by molar-refractivity contribution is 0.0787. The van der Waals surface area contributed by atoms with Gasteiger partial charge in [-0.3, -0.25) is 14.2 Å². The number of benzene rings is 1. The number of nitrogens with one attached hydrogen (secondary N) is 1. The molecule has 9 nitrogen and oxygen atoms in total. The van der Waals surface area contributed by atoms with E-state index in [0.29, 0.717) is 46.9 Å². The number of amides is 1. The van der Waals surface area contributed by atoms with E-state index in [1.165, 1.54) is 11.8 Å². The molecule has 2 aromatic heterocycles. The lowest BCUT2D eigenvalue weighted by Gasteiger charge is -2.26. The molecule has 0 aliphatic carbocycles. The molecule has 4 heterocycles. The van der Waals surface area contributed by atoms with Gasteiger partial charge in [-0.1, -0.05) is 30.0 Å². The first-order valence-corrected chi connectivity index (χ1v) is 12.2. The summed E-state index contributed by atoms with van der Waals surface area (Å²) in [4.78, 5) is 30.1. The van der Waals surface area contributed by atoms with Gasteiger partial charge in [-0.15, -0.1) is 16.8 Å². The molecule has 0 radical (unpaired) electrons. The number of aromatic nitrogens is 4. The Bertz CT molecular complexity index is 1210. The predicted octanol–water partition coefficient (Wildman–Crippen LogP) is 3.52. The molecule has 5 rings (SSSR count). The van der Waals surface area contributed by atoms with Crippen molar-refractivity contribution in [2.75, 3.05) is 25.4 Å². The number of nitrogens with zero attached hydrogens (tertiary/aromatic N) is 4. The lowest BCUT2D eigenvalue weighted by atomic mass is 10.2. The molecule has 1 atom stereocenters. The maximum Gasteiger partial charge on any atom is 0.270 e. The van der Waals surface area contributed by atoms with E-state index >= 15 is 0 Å². The van der Waals surface area contributed by atoms with E-state index in [2.05, 4.69) is 21.8 Å². The fraction of sp³-hybridized carbons (Fsp3) is 0.333. The molecular weight excluding hydrogens is 454 g/mol. The summed E-state index contributed by atoms with van der Waals surface area (Å²) in [5, 5.41) is 9.21. The molecule has 1 aromatic carbocycles. The molecule has 0 spiro atoms. The number of aromatic amines is 1. The number of H-pyrrole nitrogens is 1. The first kappa shape index (κ1) is 22.3. The summed E-state index contributed by atoms with van der Waals surface area (Å²) in [6.07, 6.45) is 4.96. The van der Waals surface area contributed by atoms with Gasteiger partial charge >= 0.3 is 0 Å². The smallest absolute Gasteiger partial charge is 0.270 e. The highest BCUT2D eigenvalue weighted by molar-refractivity contribution is 7.99. The van der Waals surface area contributed by atoms with Gasteiger partial charge in [-0.05, 0) is 31.0 Å². The van der Waals surface area contributed by atoms with Gasteiger partial charge in [0.25, 0.3) is 5.91 Å². The van der Waals surface area contributed by atoms with Gasteiger partial charge in [0, 0.05) is 31.4 Å². The normalized spacial score (nSPS) is 17.1. The number of likely N-dealkylation sites (tertiary alicyclic amines) is 1. The molecule has 10 heteroatoms. The number of carbonyl (C=O) groups is 2. The van der Waals surface area contributed by atoms with E-state index in [4.69, 9.17) is 9.47 Å². The van der Waals surface area contributed by atoms with Crippen LogP contribution in [-0.2, 0) is 6.54 Å². The Morgan fingerprint density at radius 3 is 2.79 bits per heavy atom. The van der Waals surface area contributed by atoms with Gasteiger partial charge in [0.2, 0.25) is 0 Å². The second-order valence-electron chi connectivity index (χ2n) is 8.12. The van der Waals surface area contributed by atoms with Gasteiger partial charge in [0.1, 0.15) is 12.3 Å². The highest BCUT2D eigenvalue weighted by Gasteiger charge is 2.28. The minimum atomic E-state index is -0.420. The van der Waals surface area contributed by atoms with Crippen molar-refractivity contribution in [1.29, 1.82) is 0 Å². The van der Waals surface area contributed by atoms with Crippen LogP contribution in [0.1, 0.15) is 45.6 Å². The van der Waals surface area contributed by atoms with Crippen molar-refractivity contribution < 1.29 is 19.1 Å². The van der Waals surface area contributed by atoms with Crippen LogP contribution >= 0.6 is 11.8 Å². The molecule has 2 aliphatic heterocycles. The largest absolute Gasteiger partial charge is 0.485 e. The van der Waals surface area contributed by atoms with Crippen LogP contribution in [0.4, 0.5) is 0 Å². The molecule has 0 saturated carbocycles. The highest BCUT2D eigenvalue weighted by Crippen LogP contribution is 2.36. The Morgan fingerprint density at radius 1 is 1.21 bits per heavy atom. The van der Waals surface area contributed by atoms with Gasteiger partial charge in [-0.25, -0.2) is 0 Å². The topological polar surface area (TPSA) is 102 Å². The van der Waals surface area contributed by atoms with Crippen LogP contribution in [0.25, 0.3) is 0 Å². The molecule has 0 bridgehead atoms. The molecule has 1 fully saturated rings. The third-order valence-electron chi connectivity index (χ3n) is 5.81. The van der Waals surface area contributed by atoms with E-state index in [0.717, 1.165) is 25.9 Å². The Labute approximate surface area is 201 Å². The van der Waals surface area contributed by atoms with Gasteiger partial charge < -0.3 is 19.4 Å². The molecule has 0 unspecified atom stereocenters. The van der Waals surface area contributed by atoms with E-state index in [1.54, 1.807) is 18.3 Å². The van der Waals surface area contributed by atoms with Crippen molar-refractivity contribution in [3.63, 3.8) is 0 Å². The SMILES string of the molecule is C=CCn1c(SCC(=O)c2c[nH]c(C(=O)N3CCCC3)c2)nnc1[C@H]1COc2ccccc2O1. The van der Waals surface area contributed by atoms with Gasteiger partial charge in [-0.2, -0.15) is 0 Å². The van der Waals surface area contributed by atoms with E-state index < -0.39 is 6.10 Å². The minimum Gasteiger partial charge on any atom is -0.485 e. The summed E-state index contributed by atoms with van der Waals surface area (Å²) in [6.45, 7) is 6.14. The number of thioether (sulfide) groups is 1. The van der Waals surface area contributed by atoms with Crippen molar-refractivity contribution in [2.45, 2.75) is 30.6 Å². The number of fused-ring (bicyclic) bond motifs is 1. The van der Waals surface area contributed by atoms with E-state index in [-0.39, 0.29) is 17.4 Å². The summed E-state index contributed by atoms with van der Waals surface area (Å²) in [7, 11) is 0. The van der Waals surface area contributed by atoms with Crippen LogP contribution in [0.15, 0.2) is 54.3 Å². The number of hydrogen-bond donors (Lipinski definition) is 1. The first-order valence-electron chi connectivity index (χ1n) is 11.2. The first-order chi connectivity index (χ1) is 16.6. The summed E-state index contributed by atoms with van der Waals surface area (Å²) >= 11 is 1.29. The van der Waals surface area contributed by atoms with Crippen LogP contribution in [0.3, 0.4) is 0 Å². The van der Waals surface area contributed by atoms with Crippen LogP contribution in [0.5, 0.6) is 11.5 Å².